The Morgan fingerprint density at radius 3 is 2.94 bits per heavy atom. The molecule has 3 aromatic rings. The number of hydrogen-bond acceptors (Lipinski definition) is 3. The van der Waals surface area contributed by atoms with Crippen LogP contribution in [0.3, 0.4) is 0 Å². The van der Waals surface area contributed by atoms with Gasteiger partial charge in [0, 0.05) is 11.8 Å². The van der Waals surface area contributed by atoms with Crippen LogP contribution in [-0.2, 0) is 6.54 Å². The predicted molar refractivity (Wildman–Crippen MR) is 68.5 cm³/mol. The van der Waals surface area contributed by atoms with E-state index in [2.05, 4.69) is 31.0 Å². The first-order valence-corrected chi connectivity index (χ1v) is 6.10. The fraction of sp³-hybridized carbons (Fsp3) is 0.0833. The van der Waals surface area contributed by atoms with Gasteiger partial charge in [0.15, 0.2) is 5.65 Å². The Morgan fingerprint density at radius 2 is 2.11 bits per heavy atom. The van der Waals surface area contributed by atoms with Gasteiger partial charge >= 0.3 is 0 Å². The Bertz CT molecular complexity index is 710. The summed E-state index contributed by atoms with van der Waals surface area (Å²) < 4.78 is 15.9. The van der Waals surface area contributed by atoms with Crippen molar-refractivity contribution < 1.29 is 4.39 Å². The maximum Gasteiger partial charge on any atom is 0.162 e. The number of nitrogens with zero attached hydrogens (tertiary/aromatic N) is 4. The summed E-state index contributed by atoms with van der Waals surface area (Å²) in [6.07, 6.45) is 3.13. The van der Waals surface area contributed by atoms with Crippen LogP contribution in [0.4, 0.5) is 4.39 Å². The molecule has 90 valence electrons. The Labute approximate surface area is 111 Å². The maximum atomic E-state index is 13.6. The average Bonchev–Trinajstić information content (AvgIpc) is 2.70. The number of rotatable bonds is 2. The third kappa shape index (κ3) is 1.88. The minimum Gasteiger partial charge on any atom is -0.244 e. The van der Waals surface area contributed by atoms with Gasteiger partial charge in [-0.3, -0.25) is 0 Å². The predicted octanol–water partition coefficient (Wildman–Crippen LogP) is 2.78. The Morgan fingerprint density at radius 1 is 1.28 bits per heavy atom. The van der Waals surface area contributed by atoms with Crippen LogP contribution < -0.4 is 0 Å². The van der Waals surface area contributed by atoms with E-state index in [4.69, 9.17) is 0 Å². The van der Waals surface area contributed by atoms with Crippen molar-refractivity contribution in [1.82, 2.24) is 19.7 Å². The van der Waals surface area contributed by atoms with Crippen molar-refractivity contribution >= 4 is 27.0 Å². The van der Waals surface area contributed by atoms with E-state index in [-0.39, 0.29) is 5.82 Å². The van der Waals surface area contributed by atoms with Crippen LogP contribution in [0.2, 0.25) is 0 Å². The molecule has 4 nitrogen and oxygen atoms in total. The van der Waals surface area contributed by atoms with Crippen LogP contribution in [0, 0.1) is 5.82 Å². The molecule has 0 radical (unpaired) electrons. The summed E-state index contributed by atoms with van der Waals surface area (Å²) in [5, 5.41) is 5.10. The zero-order chi connectivity index (χ0) is 12.5. The van der Waals surface area contributed by atoms with Gasteiger partial charge in [0.25, 0.3) is 0 Å². The molecule has 3 rings (SSSR count). The van der Waals surface area contributed by atoms with E-state index in [0.29, 0.717) is 22.4 Å². The van der Waals surface area contributed by atoms with Gasteiger partial charge in [0.05, 0.1) is 11.9 Å². The Balaban J connectivity index is 2.08. The molecule has 2 aromatic heterocycles. The zero-order valence-corrected chi connectivity index (χ0v) is 10.8. The smallest absolute Gasteiger partial charge is 0.162 e. The van der Waals surface area contributed by atoms with E-state index in [1.807, 2.05) is 0 Å². The molecule has 0 saturated heterocycles. The first kappa shape index (κ1) is 11.3. The largest absolute Gasteiger partial charge is 0.244 e. The molecule has 1 aromatic carbocycles. The van der Waals surface area contributed by atoms with Gasteiger partial charge < -0.3 is 0 Å². The van der Waals surface area contributed by atoms with Crippen LogP contribution in [0.1, 0.15) is 5.56 Å². The summed E-state index contributed by atoms with van der Waals surface area (Å²) >= 11 is 3.34. The standard InChI is InChI=1S/C12H8BrFN4/c13-11-9-5-15-7-16-12(9)18(17-11)6-8-3-1-2-4-10(8)14/h1-5,7H,6H2. The number of hydrogen-bond donors (Lipinski definition) is 0. The molecule has 0 spiro atoms. The summed E-state index contributed by atoms with van der Waals surface area (Å²) in [4.78, 5) is 8.11. The second kappa shape index (κ2) is 4.45. The van der Waals surface area contributed by atoms with E-state index in [9.17, 15) is 4.39 Å². The van der Waals surface area contributed by atoms with E-state index in [0.717, 1.165) is 5.39 Å². The van der Waals surface area contributed by atoms with Crippen LogP contribution in [0.25, 0.3) is 11.0 Å². The maximum absolute atomic E-state index is 13.6. The average molecular weight is 307 g/mol. The van der Waals surface area contributed by atoms with E-state index in [1.165, 1.54) is 12.4 Å². The molecular weight excluding hydrogens is 299 g/mol. The second-order valence-electron chi connectivity index (χ2n) is 3.80. The van der Waals surface area contributed by atoms with Crippen LogP contribution in [-0.4, -0.2) is 19.7 Å². The lowest BCUT2D eigenvalue weighted by Crippen LogP contribution is -2.04. The first-order valence-electron chi connectivity index (χ1n) is 5.31. The molecule has 18 heavy (non-hydrogen) atoms. The molecule has 0 aliphatic heterocycles. The molecule has 0 atom stereocenters. The fourth-order valence-electron chi connectivity index (χ4n) is 1.78. The molecule has 0 unspecified atom stereocenters. The van der Waals surface area contributed by atoms with Gasteiger partial charge in [-0.2, -0.15) is 5.10 Å². The third-order valence-corrected chi connectivity index (χ3v) is 3.23. The van der Waals surface area contributed by atoms with Crippen molar-refractivity contribution in [3.63, 3.8) is 0 Å². The molecule has 0 fully saturated rings. The highest BCUT2D eigenvalue weighted by atomic mass is 79.9. The monoisotopic (exact) mass is 306 g/mol. The van der Waals surface area contributed by atoms with Crippen molar-refractivity contribution in [2.24, 2.45) is 0 Å². The van der Waals surface area contributed by atoms with Gasteiger partial charge in [0.2, 0.25) is 0 Å². The molecule has 0 amide bonds. The summed E-state index contributed by atoms with van der Waals surface area (Å²) in [6, 6.07) is 6.63. The number of benzene rings is 1. The third-order valence-electron chi connectivity index (χ3n) is 2.64. The molecule has 0 saturated carbocycles. The number of aromatic nitrogens is 4. The molecule has 0 aliphatic rings. The lowest BCUT2D eigenvalue weighted by molar-refractivity contribution is 0.588. The molecule has 0 bridgehead atoms. The van der Waals surface area contributed by atoms with Crippen LogP contribution in [0.15, 0.2) is 41.4 Å². The highest BCUT2D eigenvalue weighted by Crippen LogP contribution is 2.21. The lowest BCUT2D eigenvalue weighted by Gasteiger charge is -2.03. The van der Waals surface area contributed by atoms with Gasteiger partial charge in [0.1, 0.15) is 16.7 Å². The normalized spacial score (nSPS) is 11.0. The van der Waals surface area contributed by atoms with E-state index < -0.39 is 0 Å². The van der Waals surface area contributed by atoms with Crippen molar-refractivity contribution in [3.8, 4) is 0 Å². The quantitative estimate of drug-likeness (QED) is 0.731. The van der Waals surface area contributed by atoms with Gasteiger partial charge in [-0.1, -0.05) is 18.2 Å². The number of halogens is 2. The highest BCUT2D eigenvalue weighted by molar-refractivity contribution is 9.10. The fourth-order valence-corrected chi connectivity index (χ4v) is 2.25. The highest BCUT2D eigenvalue weighted by Gasteiger charge is 2.11. The van der Waals surface area contributed by atoms with Crippen molar-refractivity contribution in [1.29, 1.82) is 0 Å². The Hall–Kier alpha value is -1.82. The molecular formula is C12H8BrFN4. The van der Waals surface area contributed by atoms with Crippen molar-refractivity contribution in [3.05, 3.63) is 52.8 Å². The van der Waals surface area contributed by atoms with Crippen molar-refractivity contribution in [2.75, 3.05) is 0 Å². The molecule has 2 heterocycles. The SMILES string of the molecule is Fc1ccccc1Cn1nc(Br)c2cncnc21. The van der Waals surface area contributed by atoms with Crippen molar-refractivity contribution in [2.45, 2.75) is 6.54 Å². The van der Waals surface area contributed by atoms with Gasteiger partial charge in [-0.05, 0) is 22.0 Å². The number of fused-ring (bicyclic) bond motifs is 1. The molecule has 0 aliphatic carbocycles. The summed E-state index contributed by atoms with van der Waals surface area (Å²) in [5.41, 5.74) is 1.26. The molecule has 0 N–H and O–H groups in total. The van der Waals surface area contributed by atoms with Crippen LogP contribution >= 0.6 is 15.9 Å². The lowest BCUT2D eigenvalue weighted by atomic mass is 10.2. The molecule has 6 heteroatoms. The van der Waals surface area contributed by atoms with Gasteiger partial charge in [-0.25, -0.2) is 19.0 Å². The Kier molecular flexibility index (Phi) is 2.79. The second-order valence-corrected chi connectivity index (χ2v) is 4.55. The van der Waals surface area contributed by atoms with Crippen LogP contribution in [0.5, 0.6) is 0 Å². The zero-order valence-electron chi connectivity index (χ0n) is 9.22. The van der Waals surface area contributed by atoms with Gasteiger partial charge in [-0.15, -0.1) is 0 Å². The van der Waals surface area contributed by atoms with E-state index >= 15 is 0 Å². The first-order chi connectivity index (χ1) is 8.75. The minimum atomic E-state index is -0.244. The topological polar surface area (TPSA) is 43.6 Å². The minimum absolute atomic E-state index is 0.244. The summed E-state index contributed by atoms with van der Waals surface area (Å²) in [5.74, 6) is -0.244. The van der Waals surface area contributed by atoms with E-state index in [1.54, 1.807) is 29.1 Å². The summed E-state index contributed by atoms with van der Waals surface area (Å²) in [6.45, 7) is 0.339. The summed E-state index contributed by atoms with van der Waals surface area (Å²) in [7, 11) is 0.